The highest BCUT2D eigenvalue weighted by Gasteiger charge is 2.55. The Labute approximate surface area is 140 Å². The molecule has 3 rings (SSSR count). The first-order chi connectivity index (χ1) is 10.8. The molecule has 8 heteroatoms. The summed E-state index contributed by atoms with van der Waals surface area (Å²) in [6.07, 6.45) is 0.588. The number of rotatable bonds is 2. The molecule has 0 radical (unpaired) electrons. The average Bonchev–Trinajstić information content (AvgIpc) is 2.91. The molecular formula is C15H24N4O3S. The lowest BCUT2D eigenvalue weighted by molar-refractivity contribution is -0.176. The molecule has 2 aliphatic rings. The van der Waals surface area contributed by atoms with Crippen molar-refractivity contribution in [2.45, 2.75) is 51.4 Å². The van der Waals surface area contributed by atoms with Crippen LogP contribution in [0.25, 0.3) is 0 Å². The molecule has 0 aromatic carbocycles. The van der Waals surface area contributed by atoms with Crippen molar-refractivity contribution in [1.29, 1.82) is 0 Å². The van der Waals surface area contributed by atoms with Crippen LogP contribution in [-0.4, -0.2) is 58.6 Å². The zero-order chi connectivity index (χ0) is 16.7. The van der Waals surface area contributed by atoms with E-state index in [-0.39, 0.29) is 12.1 Å². The molecule has 3 heterocycles. The SMILES string of the molecule is CCc1nnc(C2NCCOC23CN(C(=O)OC(C)(C)C)C3)s1. The van der Waals surface area contributed by atoms with E-state index in [1.807, 2.05) is 20.8 Å². The highest BCUT2D eigenvalue weighted by atomic mass is 32.1. The molecule has 23 heavy (non-hydrogen) atoms. The Morgan fingerprint density at radius 3 is 2.83 bits per heavy atom. The van der Waals surface area contributed by atoms with Crippen LogP contribution in [0.4, 0.5) is 4.79 Å². The van der Waals surface area contributed by atoms with Crippen molar-refractivity contribution in [3.05, 3.63) is 10.0 Å². The fourth-order valence-corrected chi connectivity index (χ4v) is 3.86. The Morgan fingerprint density at radius 1 is 1.48 bits per heavy atom. The number of hydrogen-bond donors (Lipinski definition) is 1. The van der Waals surface area contributed by atoms with E-state index in [0.29, 0.717) is 19.7 Å². The average molecular weight is 340 g/mol. The number of aromatic nitrogens is 2. The lowest BCUT2D eigenvalue weighted by Gasteiger charge is -2.54. The summed E-state index contributed by atoms with van der Waals surface area (Å²) in [5.41, 5.74) is -0.903. The maximum absolute atomic E-state index is 12.2. The Bertz CT molecular complexity index is 578. The van der Waals surface area contributed by atoms with Crippen LogP contribution in [0.15, 0.2) is 0 Å². The van der Waals surface area contributed by atoms with Crippen LogP contribution in [0.3, 0.4) is 0 Å². The van der Waals surface area contributed by atoms with Gasteiger partial charge >= 0.3 is 6.09 Å². The molecule has 1 N–H and O–H groups in total. The molecule has 1 unspecified atom stereocenters. The second kappa shape index (κ2) is 5.99. The molecule has 0 bridgehead atoms. The lowest BCUT2D eigenvalue weighted by atomic mass is 9.85. The Morgan fingerprint density at radius 2 is 2.22 bits per heavy atom. The van der Waals surface area contributed by atoms with Gasteiger partial charge in [-0.15, -0.1) is 10.2 Å². The van der Waals surface area contributed by atoms with Gasteiger partial charge in [-0.1, -0.05) is 18.3 Å². The summed E-state index contributed by atoms with van der Waals surface area (Å²) < 4.78 is 11.5. The fraction of sp³-hybridized carbons (Fsp3) is 0.800. The number of amides is 1. The van der Waals surface area contributed by atoms with Gasteiger partial charge in [0.05, 0.1) is 25.7 Å². The minimum Gasteiger partial charge on any atom is -0.444 e. The van der Waals surface area contributed by atoms with Crippen LogP contribution in [0.5, 0.6) is 0 Å². The van der Waals surface area contributed by atoms with Crippen LogP contribution in [0.1, 0.15) is 43.8 Å². The third kappa shape index (κ3) is 3.34. The van der Waals surface area contributed by atoms with Crippen molar-refractivity contribution < 1.29 is 14.3 Å². The Balaban J connectivity index is 1.70. The summed E-state index contributed by atoms with van der Waals surface area (Å²) in [6, 6.07) is -0.0206. The third-order valence-electron chi connectivity index (χ3n) is 3.97. The minimum absolute atomic E-state index is 0.0206. The van der Waals surface area contributed by atoms with Gasteiger partial charge in [-0.3, -0.25) is 0 Å². The van der Waals surface area contributed by atoms with E-state index in [1.54, 1.807) is 16.2 Å². The topological polar surface area (TPSA) is 76.6 Å². The number of nitrogens with one attached hydrogen (secondary N) is 1. The fourth-order valence-electron chi connectivity index (χ4n) is 2.89. The highest BCUT2D eigenvalue weighted by Crippen LogP contribution is 2.40. The summed E-state index contributed by atoms with van der Waals surface area (Å²) >= 11 is 1.61. The number of morpholine rings is 1. The molecule has 1 atom stereocenters. The number of nitrogens with zero attached hydrogens (tertiary/aromatic N) is 3. The summed E-state index contributed by atoms with van der Waals surface area (Å²) in [6.45, 7) is 10.1. The molecule has 2 saturated heterocycles. The van der Waals surface area contributed by atoms with Crippen LogP contribution in [-0.2, 0) is 15.9 Å². The van der Waals surface area contributed by atoms with Crippen LogP contribution in [0.2, 0.25) is 0 Å². The molecular weight excluding hydrogens is 316 g/mol. The predicted octanol–water partition coefficient (Wildman–Crippen LogP) is 1.75. The van der Waals surface area contributed by atoms with Crippen molar-refractivity contribution >= 4 is 17.4 Å². The number of aryl methyl sites for hydroxylation is 1. The third-order valence-corrected chi connectivity index (χ3v) is 5.10. The lowest BCUT2D eigenvalue weighted by Crippen LogP contribution is -2.71. The van der Waals surface area contributed by atoms with Gasteiger partial charge in [-0.2, -0.15) is 0 Å². The second-order valence-corrected chi connectivity index (χ2v) is 8.12. The second-order valence-electron chi connectivity index (χ2n) is 7.02. The van der Waals surface area contributed by atoms with E-state index in [2.05, 4.69) is 22.4 Å². The smallest absolute Gasteiger partial charge is 0.410 e. The minimum atomic E-state index is -0.486. The van der Waals surface area contributed by atoms with Gasteiger partial charge in [0.25, 0.3) is 0 Å². The number of ether oxygens (including phenoxy) is 2. The van der Waals surface area contributed by atoms with E-state index in [4.69, 9.17) is 9.47 Å². The van der Waals surface area contributed by atoms with Gasteiger partial charge in [0.2, 0.25) is 0 Å². The zero-order valence-electron chi connectivity index (χ0n) is 14.1. The summed E-state index contributed by atoms with van der Waals surface area (Å²) in [5.74, 6) is 0. The molecule has 1 aromatic heterocycles. The number of carbonyl (C=O) groups excluding carboxylic acids is 1. The maximum atomic E-state index is 12.2. The van der Waals surface area contributed by atoms with Gasteiger partial charge in [-0.25, -0.2) is 4.79 Å². The van der Waals surface area contributed by atoms with Gasteiger partial charge < -0.3 is 19.7 Å². The molecule has 2 fully saturated rings. The monoisotopic (exact) mass is 340 g/mol. The number of hydrogen-bond acceptors (Lipinski definition) is 7. The Kier molecular flexibility index (Phi) is 4.33. The van der Waals surface area contributed by atoms with Crippen molar-refractivity contribution in [2.24, 2.45) is 0 Å². The molecule has 1 amide bonds. The standard InChI is InChI=1S/C15H24N4O3S/c1-5-10-17-18-12(23-10)11-15(21-7-6-16-11)8-19(9-15)13(20)22-14(2,3)4/h11,16H,5-9H2,1-4H3. The maximum Gasteiger partial charge on any atom is 0.410 e. The molecule has 1 aromatic rings. The quantitative estimate of drug-likeness (QED) is 0.884. The van der Waals surface area contributed by atoms with Gasteiger partial charge in [0.1, 0.15) is 21.2 Å². The van der Waals surface area contributed by atoms with E-state index in [1.165, 1.54) is 0 Å². The first-order valence-electron chi connectivity index (χ1n) is 8.00. The van der Waals surface area contributed by atoms with Crippen molar-refractivity contribution in [1.82, 2.24) is 20.4 Å². The Hall–Kier alpha value is -1.25. The zero-order valence-corrected chi connectivity index (χ0v) is 14.9. The van der Waals surface area contributed by atoms with Crippen molar-refractivity contribution in [3.8, 4) is 0 Å². The number of carbonyl (C=O) groups is 1. The molecule has 0 aliphatic carbocycles. The van der Waals surface area contributed by atoms with Crippen LogP contribution >= 0.6 is 11.3 Å². The molecule has 0 saturated carbocycles. The van der Waals surface area contributed by atoms with E-state index in [9.17, 15) is 4.79 Å². The van der Waals surface area contributed by atoms with Crippen molar-refractivity contribution in [2.75, 3.05) is 26.2 Å². The summed E-state index contributed by atoms with van der Waals surface area (Å²) in [4.78, 5) is 13.9. The summed E-state index contributed by atoms with van der Waals surface area (Å²) in [5, 5.41) is 13.9. The molecule has 128 valence electrons. The van der Waals surface area contributed by atoms with Crippen molar-refractivity contribution in [3.63, 3.8) is 0 Å². The molecule has 7 nitrogen and oxygen atoms in total. The van der Waals surface area contributed by atoms with E-state index in [0.717, 1.165) is 23.0 Å². The largest absolute Gasteiger partial charge is 0.444 e. The molecule has 2 aliphatic heterocycles. The van der Waals surface area contributed by atoms with E-state index < -0.39 is 11.2 Å². The first-order valence-corrected chi connectivity index (χ1v) is 8.82. The normalized spacial score (nSPS) is 23.7. The van der Waals surface area contributed by atoms with Gasteiger partial charge in [0.15, 0.2) is 0 Å². The first kappa shape index (κ1) is 16.6. The summed E-state index contributed by atoms with van der Waals surface area (Å²) in [7, 11) is 0. The predicted molar refractivity (Wildman–Crippen MR) is 86.5 cm³/mol. The van der Waals surface area contributed by atoms with Gasteiger partial charge in [-0.05, 0) is 27.2 Å². The highest BCUT2D eigenvalue weighted by molar-refractivity contribution is 7.11. The molecule has 1 spiro atoms. The van der Waals surface area contributed by atoms with Crippen LogP contribution < -0.4 is 5.32 Å². The van der Waals surface area contributed by atoms with Crippen LogP contribution in [0, 0.1) is 0 Å². The van der Waals surface area contributed by atoms with Gasteiger partial charge in [0, 0.05) is 6.54 Å². The number of likely N-dealkylation sites (tertiary alicyclic amines) is 1. The van der Waals surface area contributed by atoms with E-state index >= 15 is 0 Å².